The van der Waals surface area contributed by atoms with Crippen LogP contribution in [0.3, 0.4) is 0 Å². The summed E-state index contributed by atoms with van der Waals surface area (Å²) in [7, 11) is 0. The SMILES string of the molecule is Cc1cc(Br)cc(C)c1NCC(C)(O)c1ccccc1. The third-order valence-corrected chi connectivity index (χ3v) is 3.96. The third kappa shape index (κ3) is 3.41. The van der Waals surface area contributed by atoms with Crippen molar-refractivity contribution in [3.8, 4) is 0 Å². The summed E-state index contributed by atoms with van der Waals surface area (Å²) in [6.45, 7) is 6.44. The lowest BCUT2D eigenvalue weighted by Crippen LogP contribution is -2.31. The van der Waals surface area contributed by atoms with E-state index in [2.05, 4.69) is 47.2 Å². The molecule has 3 heteroatoms. The number of aliphatic hydroxyl groups is 1. The highest BCUT2D eigenvalue weighted by molar-refractivity contribution is 9.10. The Kier molecular flexibility index (Phi) is 4.51. The van der Waals surface area contributed by atoms with Gasteiger partial charge in [-0.05, 0) is 49.6 Å². The minimum absolute atomic E-state index is 0.473. The molecule has 0 aliphatic carbocycles. The topological polar surface area (TPSA) is 32.3 Å². The van der Waals surface area contributed by atoms with Crippen LogP contribution in [0.4, 0.5) is 5.69 Å². The monoisotopic (exact) mass is 333 g/mol. The van der Waals surface area contributed by atoms with Crippen molar-refractivity contribution < 1.29 is 5.11 Å². The van der Waals surface area contributed by atoms with Crippen molar-refractivity contribution in [2.24, 2.45) is 0 Å². The number of anilines is 1. The van der Waals surface area contributed by atoms with Crippen molar-refractivity contribution in [2.75, 3.05) is 11.9 Å². The first-order chi connectivity index (χ1) is 9.40. The molecular formula is C17H20BrNO. The molecule has 0 aromatic heterocycles. The highest BCUT2D eigenvalue weighted by atomic mass is 79.9. The van der Waals surface area contributed by atoms with Crippen LogP contribution in [0, 0.1) is 13.8 Å². The van der Waals surface area contributed by atoms with E-state index in [4.69, 9.17) is 0 Å². The lowest BCUT2D eigenvalue weighted by atomic mass is 9.95. The number of hydrogen-bond donors (Lipinski definition) is 2. The Balaban J connectivity index is 2.17. The number of benzene rings is 2. The van der Waals surface area contributed by atoms with E-state index < -0.39 is 5.60 Å². The van der Waals surface area contributed by atoms with Crippen LogP contribution in [-0.2, 0) is 5.60 Å². The van der Waals surface area contributed by atoms with Gasteiger partial charge in [-0.3, -0.25) is 0 Å². The second-order valence-electron chi connectivity index (χ2n) is 5.41. The van der Waals surface area contributed by atoms with E-state index in [1.165, 1.54) is 11.1 Å². The average Bonchev–Trinajstić information content (AvgIpc) is 2.38. The molecular weight excluding hydrogens is 314 g/mol. The van der Waals surface area contributed by atoms with Crippen molar-refractivity contribution in [3.63, 3.8) is 0 Å². The summed E-state index contributed by atoms with van der Waals surface area (Å²) in [5.74, 6) is 0. The zero-order valence-corrected chi connectivity index (χ0v) is 13.7. The molecule has 0 aliphatic heterocycles. The first kappa shape index (κ1) is 15.1. The summed E-state index contributed by atoms with van der Waals surface area (Å²) < 4.78 is 1.08. The molecule has 2 nitrogen and oxygen atoms in total. The van der Waals surface area contributed by atoms with E-state index in [1.54, 1.807) is 0 Å². The smallest absolute Gasteiger partial charge is 0.104 e. The number of halogens is 1. The molecule has 0 saturated carbocycles. The Bertz CT molecular complexity index is 570. The fourth-order valence-electron chi connectivity index (χ4n) is 2.35. The van der Waals surface area contributed by atoms with E-state index in [1.807, 2.05) is 37.3 Å². The Hall–Kier alpha value is -1.32. The standard InChI is InChI=1S/C17H20BrNO/c1-12-9-15(18)10-13(2)16(12)19-11-17(3,20)14-7-5-4-6-8-14/h4-10,19-20H,11H2,1-3H3. The minimum atomic E-state index is -0.896. The molecule has 0 spiro atoms. The van der Waals surface area contributed by atoms with Crippen molar-refractivity contribution >= 4 is 21.6 Å². The molecule has 2 rings (SSSR count). The normalized spacial score (nSPS) is 13.8. The van der Waals surface area contributed by atoms with Gasteiger partial charge in [0.2, 0.25) is 0 Å². The van der Waals surface area contributed by atoms with Gasteiger partial charge in [0.25, 0.3) is 0 Å². The van der Waals surface area contributed by atoms with Gasteiger partial charge in [-0.2, -0.15) is 0 Å². The Morgan fingerprint density at radius 2 is 1.65 bits per heavy atom. The molecule has 0 saturated heterocycles. The molecule has 1 unspecified atom stereocenters. The number of aryl methyl sites for hydroxylation is 2. The van der Waals surface area contributed by atoms with Gasteiger partial charge >= 0.3 is 0 Å². The van der Waals surface area contributed by atoms with Gasteiger partial charge in [0, 0.05) is 16.7 Å². The van der Waals surface area contributed by atoms with Gasteiger partial charge in [-0.1, -0.05) is 46.3 Å². The molecule has 2 aromatic carbocycles. The van der Waals surface area contributed by atoms with Crippen molar-refractivity contribution in [1.82, 2.24) is 0 Å². The fourth-order valence-corrected chi connectivity index (χ4v) is 3.04. The summed E-state index contributed by atoms with van der Waals surface area (Å²) in [5, 5.41) is 14.0. The first-order valence-corrected chi connectivity index (χ1v) is 7.48. The maximum absolute atomic E-state index is 10.6. The van der Waals surface area contributed by atoms with Crippen LogP contribution in [-0.4, -0.2) is 11.7 Å². The van der Waals surface area contributed by atoms with Gasteiger partial charge in [0.1, 0.15) is 5.60 Å². The summed E-state index contributed by atoms with van der Waals surface area (Å²) >= 11 is 3.50. The Morgan fingerprint density at radius 3 is 2.20 bits per heavy atom. The number of nitrogens with one attached hydrogen (secondary N) is 1. The molecule has 0 bridgehead atoms. The maximum Gasteiger partial charge on any atom is 0.104 e. The molecule has 0 aliphatic rings. The van der Waals surface area contributed by atoms with E-state index in [0.717, 1.165) is 15.7 Å². The number of rotatable bonds is 4. The van der Waals surface area contributed by atoms with Crippen LogP contribution < -0.4 is 5.32 Å². The molecule has 0 amide bonds. The third-order valence-electron chi connectivity index (χ3n) is 3.50. The van der Waals surface area contributed by atoms with E-state index >= 15 is 0 Å². The van der Waals surface area contributed by atoms with E-state index in [9.17, 15) is 5.11 Å². The number of hydrogen-bond acceptors (Lipinski definition) is 2. The van der Waals surface area contributed by atoms with E-state index in [-0.39, 0.29) is 0 Å². The highest BCUT2D eigenvalue weighted by Crippen LogP contribution is 2.27. The lowest BCUT2D eigenvalue weighted by molar-refractivity contribution is 0.0715. The molecule has 0 fully saturated rings. The van der Waals surface area contributed by atoms with Crippen LogP contribution in [0.5, 0.6) is 0 Å². The predicted molar refractivity (Wildman–Crippen MR) is 88.1 cm³/mol. The highest BCUT2D eigenvalue weighted by Gasteiger charge is 2.22. The van der Waals surface area contributed by atoms with Gasteiger partial charge in [-0.25, -0.2) is 0 Å². The van der Waals surface area contributed by atoms with Crippen LogP contribution in [0.25, 0.3) is 0 Å². The van der Waals surface area contributed by atoms with Crippen LogP contribution in [0.1, 0.15) is 23.6 Å². The van der Waals surface area contributed by atoms with Crippen LogP contribution >= 0.6 is 15.9 Å². The van der Waals surface area contributed by atoms with E-state index in [0.29, 0.717) is 6.54 Å². The fraction of sp³-hybridized carbons (Fsp3) is 0.294. The predicted octanol–water partition coefficient (Wildman–Crippen LogP) is 4.39. The second kappa shape index (κ2) is 5.98. The summed E-state index contributed by atoms with van der Waals surface area (Å²) in [5.41, 5.74) is 3.44. The quantitative estimate of drug-likeness (QED) is 0.869. The Morgan fingerprint density at radius 1 is 1.10 bits per heavy atom. The first-order valence-electron chi connectivity index (χ1n) is 6.69. The Labute approximate surface area is 129 Å². The molecule has 0 radical (unpaired) electrons. The van der Waals surface area contributed by atoms with Gasteiger partial charge < -0.3 is 10.4 Å². The van der Waals surface area contributed by atoms with Crippen LogP contribution in [0.2, 0.25) is 0 Å². The zero-order valence-electron chi connectivity index (χ0n) is 12.1. The average molecular weight is 334 g/mol. The summed E-state index contributed by atoms with van der Waals surface area (Å²) in [6.07, 6.45) is 0. The van der Waals surface area contributed by atoms with Gasteiger partial charge in [0.05, 0.1) is 0 Å². The molecule has 0 heterocycles. The van der Waals surface area contributed by atoms with Crippen molar-refractivity contribution in [3.05, 3.63) is 63.6 Å². The molecule has 2 N–H and O–H groups in total. The van der Waals surface area contributed by atoms with Crippen molar-refractivity contribution in [1.29, 1.82) is 0 Å². The summed E-state index contributed by atoms with van der Waals surface area (Å²) in [6, 6.07) is 13.9. The largest absolute Gasteiger partial charge is 0.384 e. The molecule has 20 heavy (non-hydrogen) atoms. The molecule has 2 aromatic rings. The van der Waals surface area contributed by atoms with Gasteiger partial charge in [-0.15, -0.1) is 0 Å². The second-order valence-corrected chi connectivity index (χ2v) is 6.32. The zero-order chi connectivity index (χ0) is 14.8. The van der Waals surface area contributed by atoms with Crippen molar-refractivity contribution in [2.45, 2.75) is 26.4 Å². The molecule has 106 valence electrons. The maximum atomic E-state index is 10.6. The van der Waals surface area contributed by atoms with Crippen LogP contribution in [0.15, 0.2) is 46.9 Å². The lowest BCUT2D eigenvalue weighted by Gasteiger charge is -2.26. The van der Waals surface area contributed by atoms with Gasteiger partial charge in [0.15, 0.2) is 0 Å². The summed E-state index contributed by atoms with van der Waals surface area (Å²) in [4.78, 5) is 0. The minimum Gasteiger partial charge on any atom is -0.384 e. The molecule has 1 atom stereocenters.